The average molecular weight is 621 g/mol. The van der Waals surface area contributed by atoms with Gasteiger partial charge in [-0.15, -0.1) is 0 Å². The topological polar surface area (TPSA) is 118 Å². The fourth-order valence-electron chi connectivity index (χ4n) is 6.18. The van der Waals surface area contributed by atoms with Crippen molar-refractivity contribution in [3.05, 3.63) is 63.8 Å². The highest BCUT2D eigenvalue weighted by Gasteiger charge is 2.30. The molecule has 11 nitrogen and oxygen atoms in total. The maximum Gasteiger partial charge on any atom is 0.258 e. The lowest BCUT2D eigenvalue weighted by molar-refractivity contribution is 0.0238. The van der Waals surface area contributed by atoms with Crippen LogP contribution in [0.15, 0.2) is 36.5 Å². The van der Waals surface area contributed by atoms with E-state index in [1.54, 1.807) is 31.2 Å². The number of carbonyl (C=O) groups excluding carboxylic acids is 2. The number of rotatable bonds is 8. The Bertz CT molecular complexity index is 1550. The van der Waals surface area contributed by atoms with Gasteiger partial charge in [-0.3, -0.25) is 9.59 Å². The van der Waals surface area contributed by atoms with Crippen LogP contribution in [-0.2, 0) is 11.3 Å². The zero-order valence-electron chi connectivity index (χ0n) is 25.2. The number of aryl methyl sites for hydroxylation is 1. The molecule has 6 rings (SSSR count). The standard InChI is InChI=1S/C32H37ClN6O5/c1-19-15-25(27(42-3)16-23(19)29(40)35-21-7-11-39(12-8-21)22-9-13-43-14-10-22)36-32-34-17-24(33)30(37-32)44-26-6-4-5-20-18-38(2)31(41)28(20)26/h4-6,15-17,21-22H,7-14,18H2,1-3H3,(H,35,40)(H,34,36,37). The van der Waals surface area contributed by atoms with Crippen molar-refractivity contribution in [1.29, 1.82) is 0 Å². The molecule has 2 aromatic carbocycles. The van der Waals surface area contributed by atoms with Crippen LogP contribution in [0.1, 0.15) is 57.5 Å². The Morgan fingerprint density at radius 3 is 2.64 bits per heavy atom. The smallest absolute Gasteiger partial charge is 0.258 e. The van der Waals surface area contributed by atoms with Crippen molar-refractivity contribution in [2.45, 2.75) is 51.2 Å². The number of hydrogen-bond donors (Lipinski definition) is 2. The van der Waals surface area contributed by atoms with Gasteiger partial charge >= 0.3 is 0 Å². The van der Waals surface area contributed by atoms with E-state index >= 15 is 0 Å². The summed E-state index contributed by atoms with van der Waals surface area (Å²) in [4.78, 5) is 39.0. The molecular formula is C32H37ClN6O5. The SMILES string of the molecule is COc1cc(C(=O)NC2CCN(C3CCOCC3)CC2)c(C)cc1Nc1ncc(Cl)c(Oc2cccc3c2C(=O)N(C)C3)n1. The number of carbonyl (C=O) groups is 2. The van der Waals surface area contributed by atoms with Gasteiger partial charge < -0.3 is 34.6 Å². The number of likely N-dealkylation sites (tertiary alicyclic amines) is 1. The molecule has 0 aliphatic carbocycles. The van der Waals surface area contributed by atoms with Crippen LogP contribution in [0.5, 0.6) is 17.4 Å². The Kier molecular flexibility index (Phi) is 8.88. The van der Waals surface area contributed by atoms with Crippen molar-refractivity contribution in [3.63, 3.8) is 0 Å². The first kappa shape index (κ1) is 30.1. The third-order valence-corrected chi connectivity index (χ3v) is 8.87. The summed E-state index contributed by atoms with van der Waals surface area (Å²) in [6, 6.07) is 9.72. The summed E-state index contributed by atoms with van der Waals surface area (Å²) in [6.07, 6.45) is 5.44. The minimum absolute atomic E-state index is 0.106. The van der Waals surface area contributed by atoms with Crippen molar-refractivity contribution in [1.82, 2.24) is 25.1 Å². The number of nitrogens with zero attached hydrogens (tertiary/aromatic N) is 4. The first-order chi connectivity index (χ1) is 21.3. The molecule has 12 heteroatoms. The third kappa shape index (κ3) is 6.31. The quantitative estimate of drug-likeness (QED) is 0.361. The monoisotopic (exact) mass is 620 g/mol. The van der Waals surface area contributed by atoms with E-state index in [0.717, 1.165) is 63.1 Å². The average Bonchev–Trinajstić information content (AvgIpc) is 3.33. The van der Waals surface area contributed by atoms with Gasteiger partial charge in [0.2, 0.25) is 11.8 Å². The molecule has 0 bridgehead atoms. The highest BCUT2D eigenvalue weighted by Crippen LogP contribution is 2.36. The molecule has 3 aliphatic rings. The first-order valence-electron chi connectivity index (χ1n) is 15.0. The first-order valence-corrected chi connectivity index (χ1v) is 15.3. The van der Waals surface area contributed by atoms with Crippen LogP contribution in [0.2, 0.25) is 5.02 Å². The van der Waals surface area contributed by atoms with Gasteiger partial charge in [-0.2, -0.15) is 4.98 Å². The molecule has 2 amide bonds. The Morgan fingerprint density at radius 2 is 1.89 bits per heavy atom. The van der Waals surface area contributed by atoms with Gasteiger partial charge in [0.15, 0.2) is 0 Å². The summed E-state index contributed by atoms with van der Waals surface area (Å²) in [5.74, 6) is 0.919. The zero-order valence-corrected chi connectivity index (χ0v) is 25.9. The molecule has 2 fully saturated rings. The number of piperidine rings is 1. The number of fused-ring (bicyclic) bond motifs is 1. The molecule has 2 N–H and O–H groups in total. The van der Waals surface area contributed by atoms with Crippen LogP contribution in [0.4, 0.5) is 11.6 Å². The number of ether oxygens (including phenoxy) is 3. The second kappa shape index (κ2) is 13.0. The second-order valence-corrected chi connectivity index (χ2v) is 11.9. The van der Waals surface area contributed by atoms with Crippen LogP contribution < -0.4 is 20.1 Å². The summed E-state index contributed by atoms with van der Waals surface area (Å²) in [7, 11) is 3.29. The lowest BCUT2D eigenvalue weighted by Gasteiger charge is -2.39. The Balaban J connectivity index is 1.14. The lowest BCUT2D eigenvalue weighted by Crippen LogP contribution is -2.49. The Labute approximate surface area is 261 Å². The second-order valence-electron chi connectivity index (χ2n) is 11.5. The maximum atomic E-state index is 13.3. The number of nitrogens with one attached hydrogen (secondary N) is 2. The predicted octanol–water partition coefficient (Wildman–Crippen LogP) is 4.94. The highest BCUT2D eigenvalue weighted by molar-refractivity contribution is 6.31. The summed E-state index contributed by atoms with van der Waals surface area (Å²) < 4.78 is 17.2. The normalized spacial score (nSPS) is 17.8. The molecule has 0 radical (unpaired) electrons. The van der Waals surface area contributed by atoms with Crippen LogP contribution in [0.3, 0.4) is 0 Å². The molecule has 0 unspecified atom stereocenters. The minimum atomic E-state index is -0.121. The Morgan fingerprint density at radius 1 is 1.11 bits per heavy atom. The molecule has 44 heavy (non-hydrogen) atoms. The number of anilines is 2. The molecule has 3 aromatic rings. The summed E-state index contributed by atoms with van der Waals surface area (Å²) in [5, 5.41) is 6.59. The number of halogens is 1. The molecule has 232 valence electrons. The minimum Gasteiger partial charge on any atom is -0.495 e. The fourth-order valence-corrected chi connectivity index (χ4v) is 6.31. The van der Waals surface area contributed by atoms with E-state index in [1.807, 2.05) is 25.1 Å². The van der Waals surface area contributed by atoms with E-state index in [2.05, 4.69) is 25.5 Å². The van der Waals surface area contributed by atoms with E-state index in [1.165, 1.54) is 6.20 Å². The van der Waals surface area contributed by atoms with E-state index in [-0.39, 0.29) is 34.7 Å². The van der Waals surface area contributed by atoms with E-state index < -0.39 is 0 Å². The van der Waals surface area contributed by atoms with Crippen LogP contribution >= 0.6 is 11.6 Å². The molecule has 4 heterocycles. The molecule has 3 aliphatic heterocycles. The van der Waals surface area contributed by atoms with Crippen LogP contribution in [0.25, 0.3) is 0 Å². The molecule has 0 atom stereocenters. The van der Waals surface area contributed by atoms with Gasteiger partial charge in [0.05, 0.1) is 24.6 Å². The predicted molar refractivity (Wildman–Crippen MR) is 166 cm³/mol. The van der Waals surface area contributed by atoms with Gasteiger partial charge in [-0.05, 0) is 61.9 Å². The van der Waals surface area contributed by atoms with Gasteiger partial charge in [0.1, 0.15) is 16.5 Å². The number of methoxy groups -OCH3 is 1. The largest absolute Gasteiger partial charge is 0.495 e. The van der Waals surface area contributed by atoms with Crippen molar-refractivity contribution >= 4 is 35.1 Å². The van der Waals surface area contributed by atoms with E-state index in [9.17, 15) is 9.59 Å². The molecule has 0 spiro atoms. The molecule has 0 saturated carbocycles. The van der Waals surface area contributed by atoms with Crippen LogP contribution in [-0.4, -0.2) is 84.1 Å². The van der Waals surface area contributed by atoms with E-state index in [4.69, 9.17) is 25.8 Å². The van der Waals surface area contributed by atoms with Crippen molar-refractivity contribution in [3.8, 4) is 17.4 Å². The van der Waals surface area contributed by atoms with Crippen LogP contribution in [0, 0.1) is 6.92 Å². The van der Waals surface area contributed by atoms with Crippen molar-refractivity contribution in [2.24, 2.45) is 0 Å². The maximum absolute atomic E-state index is 13.3. The van der Waals surface area contributed by atoms with Gasteiger partial charge in [-0.1, -0.05) is 23.7 Å². The highest BCUT2D eigenvalue weighted by atomic mass is 35.5. The zero-order chi connectivity index (χ0) is 30.8. The third-order valence-electron chi connectivity index (χ3n) is 8.61. The number of benzene rings is 2. The molecule has 2 saturated heterocycles. The fraction of sp³-hybridized carbons (Fsp3) is 0.438. The molecule has 1 aromatic heterocycles. The summed E-state index contributed by atoms with van der Waals surface area (Å²) >= 11 is 6.38. The number of hydrogen-bond acceptors (Lipinski definition) is 9. The van der Waals surface area contributed by atoms with Gasteiger partial charge in [0, 0.05) is 57.5 Å². The van der Waals surface area contributed by atoms with E-state index in [0.29, 0.717) is 40.9 Å². The Hall–Kier alpha value is -3.93. The van der Waals surface area contributed by atoms with Crippen molar-refractivity contribution in [2.75, 3.05) is 45.8 Å². The summed E-state index contributed by atoms with van der Waals surface area (Å²) in [6.45, 7) is 6.03. The summed E-state index contributed by atoms with van der Waals surface area (Å²) in [5.41, 5.74) is 3.28. The molecular weight excluding hydrogens is 584 g/mol. The van der Waals surface area contributed by atoms with Gasteiger partial charge in [-0.25, -0.2) is 4.98 Å². The lowest BCUT2D eigenvalue weighted by atomic mass is 9.99. The van der Waals surface area contributed by atoms with Crippen molar-refractivity contribution < 1.29 is 23.8 Å². The number of aromatic nitrogens is 2. The number of amides is 2. The van der Waals surface area contributed by atoms with Gasteiger partial charge in [0.25, 0.3) is 11.8 Å².